The van der Waals surface area contributed by atoms with E-state index < -0.39 is 10.2 Å². The van der Waals surface area contributed by atoms with E-state index in [4.69, 9.17) is 40.1 Å². The maximum absolute atomic E-state index is 11.5. The molecule has 226 valence electrons. The van der Waals surface area contributed by atoms with Crippen molar-refractivity contribution in [3.63, 3.8) is 0 Å². The van der Waals surface area contributed by atoms with Gasteiger partial charge >= 0.3 is 0 Å². The summed E-state index contributed by atoms with van der Waals surface area (Å²) in [6.07, 6.45) is 7.09. The van der Waals surface area contributed by atoms with Crippen molar-refractivity contribution in [1.82, 2.24) is 20.3 Å². The second kappa shape index (κ2) is 17.0. The van der Waals surface area contributed by atoms with Crippen LogP contribution in [-0.2, 0) is 9.53 Å². The van der Waals surface area contributed by atoms with Crippen molar-refractivity contribution in [2.24, 2.45) is 0 Å². The molecule has 0 aliphatic heterocycles. The van der Waals surface area contributed by atoms with Crippen LogP contribution in [0.2, 0.25) is 0 Å². The van der Waals surface area contributed by atoms with Gasteiger partial charge in [0.2, 0.25) is 5.91 Å². The Bertz CT molecular complexity index is 1540. The molecule has 0 saturated carbocycles. The average Bonchev–Trinajstić information content (AvgIpc) is 2.93. The van der Waals surface area contributed by atoms with E-state index in [9.17, 15) is 4.79 Å². The van der Waals surface area contributed by atoms with Crippen molar-refractivity contribution in [3.8, 4) is 11.5 Å². The summed E-state index contributed by atoms with van der Waals surface area (Å²) in [6.45, 7) is 4.40. The average molecular weight is 596 g/mol. The predicted octanol–water partition coefficient (Wildman–Crippen LogP) is 4.26. The molecule has 4 N–H and O–H groups in total. The number of aryl methyl sites for hydroxylation is 2. The van der Waals surface area contributed by atoms with Gasteiger partial charge in [0.1, 0.15) is 30.3 Å². The SMILES string of the molecule is COCC(=O)NC/C=C/c1ccc2ncnc(Nc3ccc(Oc4ccc(C)nc4)c(C)c3)c2c1.O=[N+]([O-])O.O=[N+]([O-])O. The number of ether oxygens (including phenoxy) is 2. The summed E-state index contributed by atoms with van der Waals surface area (Å²) in [6, 6.07) is 15.6. The smallest absolute Gasteiger partial charge is 0.291 e. The molecule has 2 heterocycles. The molecular weight excluding hydrogens is 566 g/mol. The summed E-state index contributed by atoms with van der Waals surface area (Å²) >= 11 is 0. The number of aromatic nitrogens is 3. The van der Waals surface area contributed by atoms with Crippen LogP contribution in [-0.4, -0.2) is 61.7 Å². The maximum atomic E-state index is 11.5. The van der Waals surface area contributed by atoms with Gasteiger partial charge < -0.3 is 30.5 Å². The lowest BCUT2D eigenvalue weighted by molar-refractivity contribution is -0.742. The number of nitrogens with zero attached hydrogens (tertiary/aromatic N) is 5. The fourth-order valence-corrected chi connectivity index (χ4v) is 3.45. The molecule has 4 rings (SSSR count). The first-order valence-electron chi connectivity index (χ1n) is 12.3. The third-order valence-corrected chi connectivity index (χ3v) is 5.21. The highest BCUT2D eigenvalue weighted by Crippen LogP contribution is 2.30. The van der Waals surface area contributed by atoms with E-state index in [2.05, 4.69) is 25.6 Å². The monoisotopic (exact) mass is 595 g/mol. The number of pyridine rings is 1. The molecule has 0 aliphatic rings. The first-order valence-corrected chi connectivity index (χ1v) is 12.3. The topological polar surface area (TPSA) is 225 Å². The number of nitrogens with one attached hydrogen (secondary N) is 2. The van der Waals surface area contributed by atoms with Gasteiger partial charge in [-0.3, -0.25) is 9.78 Å². The number of rotatable bonds is 9. The number of amides is 1. The van der Waals surface area contributed by atoms with Crippen LogP contribution >= 0.6 is 0 Å². The fourth-order valence-electron chi connectivity index (χ4n) is 3.45. The van der Waals surface area contributed by atoms with Crippen molar-refractivity contribution in [2.45, 2.75) is 13.8 Å². The highest BCUT2D eigenvalue weighted by molar-refractivity contribution is 5.92. The number of benzene rings is 2. The highest BCUT2D eigenvalue weighted by Gasteiger charge is 2.08. The van der Waals surface area contributed by atoms with Gasteiger partial charge in [0.05, 0.1) is 11.7 Å². The van der Waals surface area contributed by atoms with Crippen LogP contribution in [0, 0.1) is 34.1 Å². The first kappa shape index (κ1) is 33.3. The van der Waals surface area contributed by atoms with Crippen molar-refractivity contribution in [2.75, 3.05) is 25.6 Å². The number of hydrogen-bond acceptors (Lipinski definition) is 11. The fraction of sp³-hybridized carbons (Fsp3) is 0.185. The summed E-state index contributed by atoms with van der Waals surface area (Å²) in [5, 5.41) is 34.3. The van der Waals surface area contributed by atoms with Crippen LogP contribution in [0.4, 0.5) is 11.5 Å². The van der Waals surface area contributed by atoms with E-state index in [-0.39, 0.29) is 12.5 Å². The zero-order valence-electron chi connectivity index (χ0n) is 23.3. The van der Waals surface area contributed by atoms with E-state index in [0.717, 1.165) is 39.2 Å². The number of anilines is 2. The largest absolute Gasteiger partial charge is 0.455 e. The molecular formula is C27H29N7O9. The van der Waals surface area contributed by atoms with E-state index >= 15 is 0 Å². The molecule has 2 aromatic heterocycles. The zero-order chi connectivity index (χ0) is 31.8. The van der Waals surface area contributed by atoms with Gasteiger partial charge in [-0.15, -0.1) is 20.2 Å². The Morgan fingerprint density at radius 2 is 1.72 bits per heavy atom. The lowest BCUT2D eigenvalue weighted by Gasteiger charge is -2.12. The molecule has 16 heteroatoms. The number of carbonyl (C=O) groups is 1. The molecule has 1 amide bonds. The Hall–Kier alpha value is -5.90. The van der Waals surface area contributed by atoms with E-state index in [0.29, 0.717) is 18.1 Å². The standard InChI is InChI=1S/C27H27N5O3.2HNO3/c1-18-13-21(8-11-25(18)35-22-9-6-19(2)29-15-22)32-27-23-14-20(7-10-24(23)30-17-31-27)5-4-12-28-26(33)16-34-3;2*2-1(3)4/h4-11,13-15,17H,12,16H2,1-3H3,(H,28,33)(H,30,31,32);2*(H,2,3,4)/b5-4+;;. The second-order valence-electron chi connectivity index (χ2n) is 8.46. The van der Waals surface area contributed by atoms with Gasteiger partial charge in [0, 0.05) is 30.4 Å². The van der Waals surface area contributed by atoms with Crippen molar-refractivity contribution in [1.29, 1.82) is 0 Å². The summed E-state index contributed by atoms with van der Waals surface area (Å²) in [4.78, 5) is 41.3. The van der Waals surface area contributed by atoms with E-state index in [1.807, 2.05) is 74.5 Å². The molecule has 0 fully saturated rings. The van der Waals surface area contributed by atoms with Gasteiger partial charge in [-0.25, -0.2) is 9.97 Å². The number of fused-ring (bicyclic) bond motifs is 1. The van der Waals surface area contributed by atoms with Gasteiger partial charge in [-0.05, 0) is 67.4 Å². The van der Waals surface area contributed by atoms with Crippen LogP contribution in [0.15, 0.2) is 67.1 Å². The summed E-state index contributed by atoms with van der Waals surface area (Å²) < 4.78 is 10.8. The molecule has 16 nitrogen and oxygen atoms in total. The first-order chi connectivity index (χ1) is 20.5. The lowest BCUT2D eigenvalue weighted by Crippen LogP contribution is -2.26. The molecule has 43 heavy (non-hydrogen) atoms. The molecule has 0 atom stereocenters. The van der Waals surface area contributed by atoms with Gasteiger partial charge in [0.15, 0.2) is 0 Å². The molecule has 0 bridgehead atoms. The van der Waals surface area contributed by atoms with Crippen molar-refractivity contribution >= 4 is 34.4 Å². The molecule has 4 aromatic rings. The normalized spacial score (nSPS) is 10.1. The Kier molecular flexibility index (Phi) is 13.2. The quantitative estimate of drug-likeness (QED) is 0.157. The Labute approximate surface area is 244 Å². The van der Waals surface area contributed by atoms with Crippen LogP contribution in [0.1, 0.15) is 16.8 Å². The minimum Gasteiger partial charge on any atom is -0.455 e. The van der Waals surface area contributed by atoms with Crippen molar-refractivity contribution < 1.29 is 34.9 Å². The Balaban J connectivity index is 0.000000719. The van der Waals surface area contributed by atoms with Crippen LogP contribution in [0.5, 0.6) is 11.5 Å². The lowest BCUT2D eigenvalue weighted by atomic mass is 10.1. The van der Waals surface area contributed by atoms with Gasteiger partial charge in [0.25, 0.3) is 10.2 Å². The Morgan fingerprint density at radius 1 is 1.00 bits per heavy atom. The molecule has 2 aromatic carbocycles. The van der Waals surface area contributed by atoms with E-state index in [1.54, 1.807) is 12.5 Å². The molecule has 0 aliphatic carbocycles. The van der Waals surface area contributed by atoms with Crippen LogP contribution < -0.4 is 15.4 Å². The van der Waals surface area contributed by atoms with Crippen LogP contribution in [0.25, 0.3) is 17.0 Å². The highest BCUT2D eigenvalue weighted by atomic mass is 16.9. The van der Waals surface area contributed by atoms with Gasteiger partial charge in [-0.1, -0.05) is 18.2 Å². The molecule has 0 spiro atoms. The van der Waals surface area contributed by atoms with Gasteiger partial charge in [-0.2, -0.15) is 0 Å². The third-order valence-electron chi connectivity index (χ3n) is 5.21. The van der Waals surface area contributed by atoms with Crippen molar-refractivity contribution in [3.05, 3.63) is 104 Å². The van der Waals surface area contributed by atoms with Crippen LogP contribution in [0.3, 0.4) is 0 Å². The Morgan fingerprint density at radius 3 is 2.35 bits per heavy atom. The maximum Gasteiger partial charge on any atom is 0.291 e. The zero-order valence-corrected chi connectivity index (χ0v) is 23.3. The molecule has 0 unspecified atom stereocenters. The minimum atomic E-state index is -1.50. The molecule has 0 radical (unpaired) electrons. The van der Waals surface area contributed by atoms with E-state index in [1.165, 1.54) is 7.11 Å². The predicted molar refractivity (Wildman–Crippen MR) is 155 cm³/mol. The molecule has 0 saturated heterocycles. The summed E-state index contributed by atoms with van der Waals surface area (Å²) in [7, 11) is 1.49. The summed E-state index contributed by atoms with van der Waals surface area (Å²) in [5.41, 5.74) is 4.62. The minimum absolute atomic E-state index is 0.0475. The number of methoxy groups -OCH3 is 1. The number of carbonyl (C=O) groups excluding carboxylic acids is 1. The third kappa shape index (κ3) is 12.4. The number of hydrogen-bond donors (Lipinski definition) is 4. The summed E-state index contributed by atoms with van der Waals surface area (Å²) in [5.74, 6) is 2.01. The second-order valence-corrected chi connectivity index (χ2v) is 8.46.